The van der Waals surface area contributed by atoms with Crippen molar-refractivity contribution in [3.05, 3.63) is 127 Å². The van der Waals surface area contributed by atoms with Crippen molar-refractivity contribution < 1.29 is 4.79 Å². The van der Waals surface area contributed by atoms with E-state index >= 15 is 0 Å². The topological polar surface area (TPSA) is 71.9 Å². The average Bonchev–Trinajstić information content (AvgIpc) is 2.83. The first-order chi connectivity index (χ1) is 16.9. The van der Waals surface area contributed by atoms with Crippen LogP contribution >= 0.6 is 0 Å². The monoisotopic (exact) mass is 462 g/mol. The predicted molar refractivity (Wildman–Crippen MR) is 141 cm³/mol. The van der Waals surface area contributed by atoms with Crippen molar-refractivity contribution >= 4 is 27.3 Å². The molecule has 0 atom stereocenters. The van der Waals surface area contributed by atoms with E-state index in [1.165, 1.54) is 4.57 Å². The highest BCUT2D eigenvalue weighted by molar-refractivity contribution is 6.09. The largest absolute Gasteiger partial charge is 0.329 e. The Balaban J connectivity index is 1.81. The number of nitrogens with zero attached hydrogens (tertiary/aromatic N) is 1. The third-order valence-electron chi connectivity index (χ3n) is 6.55. The number of benzene rings is 4. The summed E-state index contributed by atoms with van der Waals surface area (Å²) in [4.78, 5) is 42.3. The van der Waals surface area contributed by atoms with E-state index in [0.29, 0.717) is 17.5 Å². The maximum atomic E-state index is 13.9. The molecule has 5 nitrogen and oxygen atoms in total. The van der Waals surface area contributed by atoms with Crippen LogP contribution < -0.4 is 11.2 Å². The minimum Gasteiger partial charge on any atom is -0.287 e. The van der Waals surface area contributed by atoms with E-state index in [-0.39, 0.29) is 18.0 Å². The number of H-pyrrole nitrogens is 1. The van der Waals surface area contributed by atoms with Gasteiger partial charge in [-0.25, -0.2) is 4.79 Å². The lowest BCUT2D eigenvalue weighted by Crippen LogP contribution is -2.37. The molecule has 1 N–H and O–H groups in total. The van der Waals surface area contributed by atoms with Crippen LogP contribution in [-0.4, -0.2) is 15.3 Å². The van der Waals surface area contributed by atoms with E-state index in [9.17, 15) is 14.4 Å². The first kappa shape index (κ1) is 22.5. The molecule has 0 aliphatic carbocycles. The van der Waals surface area contributed by atoms with Gasteiger partial charge in [0.2, 0.25) is 5.78 Å². The highest BCUT2D eigenvalue weighted by Gasteiger charge is 2.23. The normalized spacial score (nSPS) is 11.3. The third kappa shape index (κ3) is 3.99. The van der Waals surface area contributed by atoms with Gasteiger partial charge in [0.1, 0.15) is 5.69 Å². The number of aromatic amines is 1. The van der Waals surface area contributed by atoms with Gasteiger partial charge in [0.15, 0.2) is 0 Å². The number of aryl methyl sites for hydroxylation is 2. The zero-order chi connectivity index (χ0) is 24.7. The number of carbonyl (C=O) groups excluding carboxylic acids is 1. The van der Waals surface area contributed by atoms with Crippen LogP contribution in [-0.2, 0) is 13.0 Å². The minimum atomic E-state index is -0.586. The second kappa shape index (κ2) is 8.84. The zero-order valence-electron chi connectivity index (χ0n) is 20.0. The lowest BCUT2D eigenvalue weighted by atomic mass is 9.95. The number of rotatable bonds is 5. The standard InChI is InChI=1S/C30H26N2O3/c1-4-23-27(28(33)22-14-18(2)13-19(3)15-22)32(30(35)31-29(23)34)17-26-24-11-7-5-9-20(24)16-21-10-6-8-12-25(21)26/h5-16H,4,17H2,1-3H3,(H,31,34,35). The molecule has 5 rings (SSSR count). The maximum absolute atomic E-state index is 13.9. The highest BCUT2D eigenvalue weighted by atomic mass is 16.2. The summed E-state index contributed by atoms with van der Waals surface area (Å²) in [6.07, 6.45) is 0.331. The van der Waals surface area contributed by atoms with Crippen LogP contribution in [0.25, 0.3) is 21.5 Å². The van der Waals surface area contributed by atoms with Crippen molar-refractivity contribution in [1.82, 2.24) is 9.55 Å². The molecule has 1 heterocycles. The van der Waals surface area contributed by atoms with Crippen LogP contribution in [0.3, 0.4) is 0 Å². The van der Waals surface area contributed by atoms with Crippen molar-refractivity contribution in [1.29, 1.82) is 0 Å². The number of nitrogens with one attached hydrogen (secondary N) is 1. The first-order valence-corrected chi connectivity index (χ1v) is 11.8. The molecule has 0 saturated heterocycles. The van der Waals surface area contributed by atoms with Gasteiger partial charge in [0.25, 0.3) is 5.56 Å². The molecule has 0 amide bonds. The molecule has 0 unspecified atom stereocenters. The Bertz CT molecular complexity index is 1670. The number of aromatic nitrogens is 2. The number of ketones is 1. The van der Waals surface area contributed by atoms with Crippen molar-refractivity contribution in [3.8, 4) is 0 Å². The van der Waals surface area contributed by atoms with Gasteiger partial charge < -0.3 is 0 Å². The maximum Gasteiger partial charge on any atom is 0.329 e. The number of hydrogen-bond donors (Lipinski definition) is 1. The molecule has 0 saturated carbocycles. The number of hydrogen-bond acceptors (Lipinski definition) is 3. The molecule has 0 aliphatic rings. The van der Waals surface area contributed by atoms with Crippen molar-refractivity contribution in [2.24, 2.45) is 0 Å². The molecule has 0 fully saturated rings. The fourth-order valence-electron chi connectivity index (χ4n) is 5.03. The van der Waals surface area contributed by atoms with Crippen molar-refractivity contribution in [3.63, 3.8) is 0 Å². The Morgan fingerprint density at radius 3 is 1.94 bits per heavy atom. The van der Waals surface area contributed by atoms with Crippen LogP contribution in [0, 0.1) is 13.8 Å². The predicted octanol–water partition coefficient (Wildman–Crippen LogP) is 5.30. The summed E-state index contributed by atoms with van der Waals surface area (Å²) in [6.45, 7) is 5.84. The summed E-state index contributed by atoms with van der Waals surface area (Å²) in [5, 5.41) is 4.12. The molecular weight excluding hydrogens is 436 g/mol. The lowest BCUT2D eigenvalue weighted by molar-refractivity contribution is 0.102. The van der Waals surface area contributed by atoms with Crippen LogP contribution in [0.4, 0.5) is 0 Å². The van der Waals surface area contributed by atoms with Crippen LogP contribution in [0.5, 0.6) is 0 Å². The summed E-state index contributed by atoms with van der Waals surface area (Å²) in [5.74, 6) is -0.318. The fourth-order valence-corrected chi connectivity index (χ4v) is 5.03. The lowest BCUT2D eigenvalue weighted by Gasteiger charge is -2.18. The minimum absolute atomic E-state index is 0.156. The molecule has 5 aromatic rings. The number of fused-ring (bicyclic) bond motifs is 2. The summed E-state index contributed by atoms with van der Waals surface area (Å²) >= 11 is 0. The van der Waals surface area contributed by atoms with Gasteiger partial charge >= 0.3 is 5.69 Å². The summed E-state index contributed by atoms with van der Waals surface area (Å²) in [6, 6.07) is 23.8. The van der Waals surface area contributed by atoms with E-state index in [1.54, 1.807) is 12.1 Å². The van der Waals surface area contributed by atoms with E-state index in [1.807, 2.05) is 75.4 Å². The Hall–Kier alpha value is -4.25. The van der Waals surface area contributed by atoms with Crippen molar-refractivity contribution in [2.75, 3.05) is 0 Å². The molecule has 0 aliphatic heterocycles. The molecule has 0 bridgehead atoms. The van der Waals surface area contributed by atoms with E-state index < -0.39 is 11.2 Å². The van der Waals surface area contributed by atoms with Crippen LogP contribution in [0.2, 0.25) is 0 Å². The van der Waals surface area contributed by atoms with E-state index in [0.717, 1.165) is 38.2 Å². The van der Waals surface area contributed by atoms with Gasteiger partial charge in [-0.15, -0.1) is 0 Å². The second-order valence-corrected chi connectivity index (χ2v) is 9.03. The average molecular weight is 463 g/mol. The fraction of sp³-hybridized carbons (Fsp3) is 0.167. The molecule has 0 spiro atoms. The Morgan fingerprint density at radius 2 is 1.37 bits per heavy atom. The molecule has 4 aromatic carbocycles. The van der Waals surface area contributed by atoms with Gasteiger partial charge in [-0.05, 0) is 65.6 Å². The summed E-state index contributed by atoms with van der Waals surface area (Å²) in [5.41, 5.74) is 2.68. The highest BCUT2D eigenvalue weighted by Crippen LogP contribution is 2.29. The molecule has 174 valence electrons. The van der Waals surface area contributed by atoms with Crippen molar-refractivity contribution in [2.45, 2.75) is 33.7 Å². The SMILES string of the molecule is CCc1c(C(=O)c2cc(C)cc(C)c2)n(Cc2c3ccccc3cc3ccccc23)c(=O)[nH]c1=O. The smallest absolute Gasteiger partial charge is 0.287 e. The molecule has 1 aromatic heterocycles. The quantitative estimate of drug-likeness (QED) is 0.285. The molecule has 5 heteroatoms. The van der Waals surface area contributed by atoms with Crippen LogP contribution in [0.15, 0.2) is 82.4 Å². The van der Waals surface area contributed by atoms with E-state index in [4.69, 9.17) is 0 Å². The van der Waals surface area contributed by atoms with E-state index in [2.05, 4.69) is 11.1 Å². The number of carbonyl (C=O) groups is 1. The summed E-state index contributed by atoms with van der Waals surface area (Å²) < 4.78 is 1.44. The van der Waals surface area contributed by atoms with Crippen LogP contribution in [0.1, 0.15) is 45.2 Å². The Kier molecular flexibility index (Phi) is 5.69. The molecule has 35 heavy (non-hydrogen) atoms. The van der Waals surface area contributed by atoms with Gasteiger partial charge in [-0.2, -0.15) is 0 Å². The third-order valence-corrected chi connectivity index (χ3v) is 6.55. The van der Waals surface area contributed by atoms with Gasteiger partial charge in [0.05, 0.1) is 6.54 Å². The molecular formula is C30H26N2O3. The first-order valence-electron chi connectivity index (χ1n) is 11.8. The summed E-state index contributed by atoms with van der Waals surface area (Å²) in [7, 11) is 0. The van der Waals surface area contributed by atoms with Gasteiger partial charge in [-0.3, -0.25) is 19.1 Å². The molecule has 0 radical (unpaired) electrons. The Morgan fingerprint density at radius 1 is 0.800 bits per heavy atom. The zero-order valence-corrected chi connectivity index (χ0v) is 20.0. The van der Waals surface area contributed by atoms with Gasteiger partial charge in [0, 0.05) is 11.1 Å². The van der Waals surface area contributed by atoms with Gasteiger partial charge in [-0.1, -0.05) is 72.6 Å². The second-order valence-electron chi connectivity index (χ2n) is 9.03. The Labute approximate surface area is 202 Å².